The molecule has 1 N–H and O–H groups in total. The van der Waals surface area contributed by atoms with E-state index in [1.165, 1.54) is 38.9 Å². The standard InChI is InChI=1S/C10H20N2O/c1-13-8-10-3-2-6-12(10)9-4-5-11-7-9/h9-11H,2-8H2,1H3/t9-,10-/m0/s1. The van der Waals surface area contributed by atoms with Gasteiger partial charge in [0.05, 0.1) is 6.61 Å². The monoisotopic (exact) mass is 184 g/mol. The van der Waals surface area contributed by atoms with Crippen LogP contribution >= 0.6 is 0 Å². The first kappa shape index (κ1) is 9.44. The predicted molar refractivity (Wildman–Crippen MR) is 52.9 cm³/mol. The van der Waals surface area contributed by atoms with Crippen molar-refractivity contribution in [3.05, 3.63) is 0 Å². The summed E-state index contributed by atoms with van der Waals surface area (Å²) in [6.07, 6.45) is 4.00. The van der Waals surface area contributed by atoms with Gasteiger partial charge in [0, 0.05) is 25.7 Å². The van der Waals surface area contributed by atoms with Crippen molar-refractivity contribution < 1.29 is 4.74 Å². The Labute approximate surface area is 80.4 Å². The van der Waals surface area contributed by atoms with Crippen molar-refractivity contribution in [2.45, 2.75) is 31.3 Å². The third kappa shape index (κ3) is 2.03. The summed E-state index contributed by atoms with van der Waals surface area (Å²) in [4.78, 5) is 2.64. The number of hydrogen-bond acceptors (Lipinski definition) is 3. The van der Waals surface area contributed by atoms with Crippen LogP contribution < -0.4 is 5.32 Å². The van der Waals surface area contributed by atoms with Crippen LogP contribution in [0.1, 0.15) is 19.3 Å². The zero-order valence-electron chi connectivity index (χ0n) is 8.46. The summed E-state index contributed by atoms with van der Waals surface area (Å²) in [6, 6.07) is 1.47. The second kappa shape index (κ2) is 4.40. The molecule has 0 saturated carbocycles. The molecule has 76 valence electrons. The molecule has 2 aliphatic rings. The highest BCUT2D eigenvalue weighted by Gasteiger charge is 2.31. The predicted octanol–water partition coefficient (Wildman–Crippen LogP) is 0.459. The first-order valence-electron chi connectivity index (χ1n) is 5.37. The fraction of sp³-hybridized carbons (Fsp3) is 1.00. The fourth-order valence-corrected chi connectivity index (χ4v) is 2.63. The van der Waals surface area contributed by atoms with Gasteiger partial charge in [0.25, 0.3) is 0 Å². The van der Waals surface area contributed by atoms with E-state index in [4.69, 9.17) is 4.74 Å². The maximum absolute atomic E-state index is 5.25. The van der Waals surface area contributed by atoms with Gasteiger partial charge in [-0.2, -0.15) is 0 Å². The van der Waals surface area contributed by atoms with E-state index < -0.39 is 0 Å². The molecule has 0 radical (unpaired) electrons. The van der Waals surface area contributed by atoms with Crippen LogP contribution in [-0.2, 0) is 4.74 Å². The molecule has 0 bridgehead atoms. The maximum atomic E-state index is 5.25. The largest absolute Gasteiger partial charge is 0.383 e. The van der Waals surface area contributed by atoms with Crippen LogP contribution in [-0.4, -0.2) is 50.3 Å². The second-order valence-electron chi connectivity index (χ2n) is 4.14. The molecule has 2 saturated heterocycles. The van der Waals surface area contributed by atoms with E-state index in [1.807, 2.05) is 7.11 Å². The lowest BCUT2D eigenvalue weighted by atomic mass is 10.2. The normalized spacial score (nSPS) is 35.8. The van der Waals surface area contributed by atoms with E-state index in [9.17, 15) is 0 Å². The minimum absolute atomic E-state index is 0.690. The van der Waals surface area contributed by atoms with Crippen LogP contribution in [0, 0.1) is 0 Å². The summed E-state index contributed by atoms with van der Waals surface area (Å²) in [6.45, 7) is 4.57. The third-order valence-corrected chi connectivity index (χ3v) is 3.29. The van der Waals surface area contributed by atoms with Crippen molar-refractivity contribution >= 4 is 0 Å². The Bertz CT molecular complexity index is 157. The molecule has 0 aromatic carbocycles. The Hall–Kier alpha value is -0.120. The number of rotatable bonds is 3. The van der Waals surface area contributed by atoms with E-state index in [-0.39, 0.29) is 0 Å². The van der Waals surface area contributed by atoms with Crippen molar-refractivity contribution in [1.82, 2.24) is 10.2 Å². The number of nitrogens with zero attached hydrogens (tertiary/aromatic N) is 1. The first-order valence-corrected chi connectivity index (χ1v) is 5.37. The number of hydrogen-bond donors (Lipinski definition) is 1. The highest BCUT2D eigenvalue weighted by Crippen LogP contribution is 2.22. The van der Waals surface area contributed by atoms with Crippen LogP contribution in [0.4, 0.5) is 0 Å². The van der Waals surface area contributed by atoms with Gasteiger partial charge in [0.2, 0.25) is 0 Å². The van der Waals surface area contributed by atoms with Crippen molar-refractivity contribution in [3.63, 3.8) is 0 Å². The van der Waals surface area contributed by atoms with Crippen LogP contribution in [0.15, 0.2) is 0 Å². The first-order chi connectivity index (χ1) is 6.42. The van der Waals surface area contributed by atoms with Gasteiger partial charge in [-0.05, 0) is 32.4 Å². The number of nitrogens with one attached hydrogen (secondary N) is 1. The zero-order chi connectivity index (χ0) is 9.10. The minimum atomic E-state index is 0.690. The average molecular weight is 184 g/mol. The zero-order valence-corrected chi connectivity index (χ0v) is 8.46. The molecule has 0 aromatic heterocycles. The number of ether oxygens (including phenoxy) is 1. The van der Waals surface area contributed by atoms with Crippen LogP contribution in [0.25, 0.3) is 0 Å². The van der Waals surface area contributed by atoms with Gasteiger partial charge in [-0.3, -0.25) is 4.90 Å². The van der Waals surface area contributed by atoms with Gasteiger partial charge in [-0.1, -0.05) is 0 Å². The Morgan fingerprint density at radius 3 is 3.08 bits per heavy atom. The fourth-order valence-electron chi connectivity index (χ4n) is 2.63. The van der Waals surface area contributed by atoms with Gasteiger partial charge in [-0.15, -0.1) is 0 Å². The molecule has 2 aliphatic heterocycles. The van der Waals surface area contributed by atoms with Crippen LogP contribution in [0.2, 0.25) is 0 Å². The molecule has 2 fully saturated rings. The van der Waals surface area contributed by atoms with E-state index >= 15 is 0 Å². The molecule has 3 nitrogen and oxygen atoms in total. The van der Waals surface area contributed by atoms with E-state index in [2.05, 4.69) is 10.2 Å². The van der Waals surface area contributed by atoms with E-state index in [0.29, 0.717) is 6.04 Å². The summed E-state index contributed by atoms with van der Waals surface area (Å²) in [5.74, 6) is 0. The second-order valence-corrected chi connectivity index (χ2v) is 4.14. The van der Waals surface area contributed by atoms with Crippen LogP contribution in [0.3, 0.4) is 0 Å². The lowest BCUT2D eigenvalue weighted by Gasteiger charge is -2.29. The Morgan fingerprint density at radius 2 is 2.38 bits per heavy atom. The molecule has 13 heavy (non-hydrogen) atoms. The maximum Gasteiger partial charge on any atom is 0.0618 e. The molecule has 2 rings (SSSR count). The van der Waals surface area contributed by atoms with Gasteiger partial charge in [0.15, 0.2) is 0 Å². The molecule has 0 aromatic rings. The molecule has 0 unspecified atom stereocenters. The quantitative estimate of drug-likeness (QED) is 0.689. The number of likely N-dealkylation sites (tertiary alicyclic amines) is 1. The van der Waals surface area contributed by atoms with Crippen molar-refractivity contribution in [1.29, 1.82) is 0 Å². The van der Waals surface area contributed by atoms with Gasteiger partial charge in [0.1, 0.15) is 0 Å². The smallest absolute Gasteiger partial charge is 0.0618 e. The van der Waals surface area contributed by atoms with Gasteiger partial charge < -0.3 is 10.1 Å². The van der Waals surface area contributed by atoms with Crippen LogP contribution in [0.5, 0.6) is 0 Å². The summed E-state index contributed by atoms with van der Waals surface area (Å²) < 4.78 is 5.25. The lowest BCUT2D eigenvalue weighted by Crippen LogP contribution is -2.42. The van der Waals surface area contributed by atoms with Crippen molar-refractivity contribution in [3.8, 4) is 0 Å². The summed E-state index contributed by atoms with van der Waals surface area (Å²) in [7, 11) is 1.81. The summed E-state index contributed by atoms with van der Waals surface area (Å²) >= 11 is 0. The lowest BCUT2D eigenvalue weighted by molar-refractivity contribution is 0.0939. The molecular weight excluding hydrogens is 164 g/mol. The SMILES string of the molecule is COC[C@@H]1CCCN1[C@H]1CCNC1. The highest BCUT2D eigenvalue weighted by atomic mass is 16.5. The summed E-state index contributed by atoms with van der Waals surface area (Å²) in [5, 5.41) is 3.43. The Kier molecular flexibility index (Phi) is 3.19. The highest BCUT2D eigenvalue weighted by molar-refractivity contribution is 4.88. The summed E-state index contributed by atoms with van der Waals surface area (Å²) in [5.41, 5.74) is 0. The van der Waals surface area contributed by atoms with Crippen molar-refractivity contribution in [2.75, 3.05) is 33.4 Å². The van der Waals surface area contributed by atoms with Gasteiger partial charge >= 0.3 is 0 Å². The molecule has 2 atom stereocenters. The number of methoxy groups -OCH3 is 1. The Morgan fingerprint density at radius 1 is 1.46 bits per heavy atom. The third-order valence-electron chi connectivity index (χ3n) is 3.29. The molecule has 0 aliphatic carbocycles. The topological polar surface area (TPSA) is 24.5 Å². The Balaban J connectivity index is 1.88. The van der Waals surface area contributed by atoms with Gasteiger partial charge in [-0.25, -0.2) is 0 Å². The average Bonchev–Trinajstić information content (AvgIpc) is 2.71. The molecule has 2 heterocycles. The molecular formula is C10H20N2O. The molecule has 0 spiro atoms. The van der Waals surface area contributed by atoms with E-state index in [1.54, 1.807) is 0 Å². The minimum Gasteiger partial charge on any atom is -0.383 e. The van der Waals surface area contributed by atoms with Crippen molar-refractivity contribution in [2.24, 2.45) is 0 Å². The molecule has 3 heteroatoms. The molecule has 0 amide bonds. The van der Waals surface area contributed by atoms with E-state index in [0.717, 1.165) is 12.6 Å².